The molecule has 0 saturated carbocycles. The fraction of sp³-hybridized carbons (Fsp3) is 0.217. The number of carbonyl (C=O) groups is 1. The first-order valence-electron chi connectivity index (χ1n) is 9.40. The van der Waals surface area contributed by atoms with Gasteiger partial charge in [-0.15, -0.1) is 11.3 Å². The van der Waals surface area contributed by atoms with E-state index in [-0.39, 0.29) is 17.5 Å². The number of thiophene rings is 1. The zero-order chi connectivity index (χ0) is 19.7. The Balaban J connectivity index is 1.57. The molecule has 0 aliphatic carbocycles. The summed E-state index contributed by atoms with van der Waals surface area (Å²) in [4.78, 5) is 26.0. The van der Waals surface area contributed by atoms with Gasteiger partial charge in [0.15, 0.2) is 0 Å². The smallest absolute Gasteiger partial charge is 0.261 e. The van der Waals surface area contributed by atoms with Crippen LogP contribution < -0.4 is 10.9 Å². The zero-order valence-electron chi connectivity index (χ0n) is 15.9. The number of rotatable bonds is 5. The van der Waals surface area contributed by atoms with Crippen LogP contribution >= 0.6 is 11.3 Å². The van der Waals surface area contributed by atoms with E-state index in [4.69, 9.17) is 0 Å². The average molecular weight is 391 g/mol. The monoisotopic (exact) mass is 390 g/mol. The number of carbonyl (C=O) groups excluding carboxylic acids is 1. The SMILES string of the molecule is CC(CCc1ccccc1)NC(=O)c1cc2c(=O)n(C)c3ccccc3c2s1. The van der Waals surface area contributed by atoms with Crippen LogP contribution in [-0.2, 0) is 13.5 Å². The Labute approximate surface area is 167 Å². The van der Waals surface area contributed by atoms with Gasteiger partial charge in [-0.3, -0.25) is 9.59 Å². The van der Waals surface area contributed by atoms with E-state index in [9.17, 15) is 9.59 Å². The molecule has 0 aliphatic heterocycles. The van der Waals surface area contributed by atoms with Gasteiger partial charge in [-0.05, 0) is 37.5 Å². The van der Waals surface area contributed by atoms with Crippen LogP contribution in [0.1, 0.15) is 28.6 Å². The van der Waals surface area contributed by atoms with E-state index in [0.29, 0.717) is 10.3 Å². The minimum Gasteiger partial charge on any atom is -0.349 e. The molecule has 5 heteroatoms. The minimum atomic E-state index is -0.118. The molecular formula is C23H22N2O2S. The molecule has 4 nitrogen and oxygen atoms in total. The van der Waals surface area contributed by atoms with Crippen molar-refractivity contribution in [2.45, 2.75) is 25.8 Å². The highest BCUT2D eigenvalue weighted by Crippen LogP contribution is 2.30. The number of benzene rings is 2. The van der Waals surface area contributed by atoms with Crippen LogP contribution in [0.5, 0.6) is 0 Å². The Morgan fingerprint density at radius 2 is 1.79 bits per heavy atom. The van der Waals surface area contributed by atoms with Gasteiger partial charge in [0.1, 0.15) is 0 Å². The lowest BCUT2D eigenvalue weighted by Gasteiger charge is -2.13. The van der Waals surface area contributed by atoms with Crippen molar-refractivity contribution in [2.75, 3.05) is 0 Å². The van der Waals surface area contributed by atoms with Gasteiger partial charge in [0.05, 0.1) is 15.8 Å². The normalized spacial score (nSPS) is 12.4. The van der Waals surface area contributed by atoms with Gasteiger partial charge in [-0.2, -0.15) is 0 Å². The summed E-state index contributed by atoms with van der Waals surface area (Å²) >= 11 is 1.39. The molecule has 4 aromatic rings. The van der Waals surface area contributed by atoms with E-state index >= 15 is 0 Å². The summed E-state index contributed by atoms with van der Waals surface area (Å²) in [5, 5.41) is 4.68. The van der Waals surface area contributed by atoms with Gasteiger partial charge in [0.25, 0.3) is 11.5 Å². The number of hydrogen-bond acceptors (Lipinski definition) is 3. The standard InChI is InChI=1S/C23H22N2O2S/c1-15(12-13-16-8-4-3-5-9-16)24-22(26)20-14-18-21(28-20)17-10-6-7-11-19(17)25(2)23(18)27/h3-11,14-15H,12-13H2,1-2H3,(H,24,26). The number of para-hydroxylation sites is 1. The van der Waals surface area contributed by atoms with Crippen LogP contribution in [0.2, 0.25) is 0 Å². The summed E-state index contributed by atoms with van der Waals surface area (Å²) < 4.78 is 2.52. The topological polar surface area (TPSA) is 51.1 Å². The minimum absolute atomic E-state index is 0.0532. The van der Waals surface area contributed by atoms with Gasteiger partial charge < -0.3 is 9.88 Å². The van der Waals surface area contributed by atoms with Crippen molar-refractivity contribution >= 4 is 38.2 Å². The van der Waals surface area contributed by atoms with Gasteiger partial charge in [0, 0.05) is 23.2 Å². The Morgan fingerprint density at radius 3 is 2.57 bits per heavy atom. The number of hydrogen-bond donors (Lipinski definition) is 1. The molecule has 0 saturated heterocycles. The maximum absolute atomic E-state index is 12.8. The molecule has 0 aliphatic rings. The highest BCUT2D eigenvalue weighted by atomic mass is 32.1. The summed E-state index contributed by atoms with van der Waals surface area (Å²) in [7, 11) is 1.77. The van der Waals surface area contributed by atoms with Gasteiger partial charge >= 0.3 is 0 Å². The molecule has 1 amide bonds. The maximum atomic E-state index is 12.8. The van der Waals surface area contributed by atoms with Gasteiger partial charge in [-0.1, -0.05) is 48.5 Å². The molecule has 0 spiro atoms. The molecule has 4 rings (SSSR count). The number of aryl methyl sites for hydroxylation is 2. The van der Waals surface area contributed by atoms with Crippen LogP contribution in [0, 0.1) is 0 Å². The number of fused-ring (bicyclic) bond motifs is 3. The second-order valence-corrected chi connectivity index (χ2v) is 8.19. The first-order chi connectivity index (χ1) is 13.5. The molecule has 1 atom stereocenters. The van der Waals surface area contributed by atoms with Crippen molar-refractivity contribution < 1.29 is 4.79 Å². The molecule has 0 bridgehead atoms. The van der Waals surface area contributed by atoms with Crippen LogP contribution in [0.4, 0.5) is 0 Å². The molecule has 28 heavy (non-hydrogen) atoms. The summed E-state index contributed by atoms with van der Waals surface area (Å²) in [5.74, 6) is -0.118. The predicted molar refractivity (Wildman–Crippen MR) is 116 cm³/mol. The molecule has 142 valence electrons. The number of nitrogens with zero attached hydrogens (tertiary/aromatic N) is 1. The lowest BCUT2D eigenvalue weighted by Crippen LogP contribution is -2.32. The van der Waals surface area contributed by atoms with E-state index in [1.165, 1.54) is 16.9 Å². The Morgan fingerprint density at radius 1 is 1.07 bits per heavy atom. The van der Waals surface area contributed by atoms with Crippen LogP contribution in [0.15, 0.2) is 65.5 Å². The van der Waals surface area contributed by atoms with Crippen molar-refractivity contribution in [1.82, 2.24) is 9.88 Å². The summed E-state index contributed by atoms with van der Waals surface area (Å²) in [6.45, 7) is 2.02. The number of pyridine rings is 1. The number of aromatic nitrogens is 1. The number of nitrogens with one attached hydrogen (secondary N) is 1. The Bertz CT molecular complexity index is 1210. The first kappa shape index (κ1) is 18.4. The molecule has 1 N–H and O–H groups in total. The molecule has 1 unspecified atom stereocenters. The van der Waals surface area contributed by atoms with Crippen molar-refractivity contribution in [3.63, 3.8) is 0 Å². The summed E-state index contributed by atoms with van der Waals surface area (Å²) in [6, 6.07) is 19.8. The lowest BCUT2D eigenvalue weighted by atomic mass is 10.1. The van der Waals surface area contributed by atoms with Crippen LogP contribution in [0.3, 0.4) is 0 Å². The average Bonchev–Trinajstić information content (AvgIpc) is 3.17. The molecule has 0 radical (unpaired) electrons. The second-order valence-electron chi connectivity index (χ2n) is 7.13. The lowest BCUT2D eigenvalue weighted by molar-refractivity contribution is 0.0942. The first-order valence-corrected chi connectivity index (χ1v) is 10.2. The highest BCUT2D eigenvalue weighted by molar-refractivity contribution is 7.21. The fourth-order valence-electron chi connectivity index (χ4n) is 3.51. The molecule has 2 heterocycles. The van der Waals surface area contributed by atoms with E-state index in [2.05, 4.69) is 17.4 Å². The number of amides is 1. The van der Waals surface area contributed by atoms with Crippen molar-refractivity contribution in [2.24, 2.45) is 7.05 Å². The second kappa shape index (κ2) is 7.60. The van der Waals surface area contributed by atoms with Crippen molar-refractivity contribution in [1.29, 1.82) is 0 Å². The summed E-state index contributed by atoms with van der Waals surface area (Å²) in [5.41, 5.74) is 2.08. The predicted octanol–water partition coefficient (Wildman–Crippen LogP) is 4.50. The van der Waals surface area contributed by atoms with Crippen LogP contribution in [-0.4, -0.2) is 16.5 Å². The summed E-state index contributed by atoms with van der Waals surface area (Å²) in [6.07, 6.45) is 1.78. The van der Waals surface area contributed by atoms with Crippen molar-refractivity contribution in [3.05, 3.63) is 81.5 Å². The quantitative estimate of drug-likeness (QED) is 0.545. The third-order valence-corrected chi connectivity index (χ3v) is 6.25. The fourth-order valence-corrected chi connectivity index (χ4v) is 4.59. The third-order valence-electron chi connectivity index (χ3n) is 5.09. The Hall–Kier alpha value is -2.92. The zero-order valence-corrected chi connectivity index (χ0v) is 16.8. The van der Waals surface area contributed by atoms with E-state index in [0.717, 1.165) is 28.4 Å². The molecular weight excluding hydrogens is 368 g/mol. The molecule has 2 aromatic heterocycles. The van der Waals surface area contributed by atoms with E-state index < -0.39 is 0 Å². The van der Waals surface area contributed by atoms with Crippen molar-refractivity contribution in [3.8, 4) is 0 Å². The maximum Gasteiger partial charge on any atom is 0.261 e. The Kier molecular flexibility index (Phi) is 5.01. The molecule has 2 aromatic carbocycles. The van der Waals surface area contributed by atoms with Crippen LogP contribution in [0.25, 0.3) is 21.0 Å². The van der Waals surface area contributed by atoms with E-state index in [1.54, 1.807) is 17.7 Å². The highest BCUT2D eigenvalue weighted by Gasteiger charge is 2.17. The van der Waals surface area contributed by atoms with E-state index in [1.807, 2.05) is 49.4 Å². The largest absolute Gasteiger partial charge is 0.349 e. The molecule has 0 fully saturated rings. The third kappa shape index (κ3) is 3.45. The van der Waals surface area contributed by atoms with Gasteiger partial charge in [0.2, 0.25) is 0 Å². The van der Waals surface area contributed by atoms with Gasteiger partial charge in [-0.25, -0.2) is 0 Å².